The van der Waals surface area contributed by atoms with Crippen LogP contribution in [-0.2, 0) is 23.8 Å². The van der Waals surface area contributed by atoms with Crippen molar-refractivity contribution in [1.82, 2.24) is 10.2 Å². The van der Waals surface area contributed by atoms with Gasteiger partial charge in [0.05, 0.1) is 7.11 Å². The molecule has 0 aromatic carbocycles. The summed E-state index contributed by atoms with van der Waals surface area (Å²) >= 11 is 1.44. The Hall–Kier alpha value is -1.97. The molecule has 0 bridgehead atoms. The van der Waals surface area contributed by atoms with Crippen LogP contribution in [0.4, 0.5) is 9.59 Å². The summed E-state index contributed by atoms with van der Waals surface area (Å²) in [5.74, 6) is -0.854. The van der Waals surface area contributed by atoms with E-state index in [9.17, 15) is 19.2 Å². The molecule has 0 spiro atoms. The summed E-state index contributed by atoms with van der Waals surface area (Å²) in [5, 5.41) is 2.38. The number of thioether (sulfide) groups is 1. The molecular weight excluding hydrogens is 388 g/mol. The monoisotopic (exact) mass is 420 g/mol. The molecule has 0 unspecified atom stereocenters. The summed E-state index contributed by atoms with van der Waals surface area (Å²) in [6.07, 6.45) is -0.0106. The first kappa shape index (κ1) is 26.0. The third-order valence-corrected chi connectivity index (χ3v) is 3.67. The van der Waals surface area contributed by atoms with E-state index in [1.807, 2.05) is 6.26 Å². The van der Waals surface area contributed by atoms with Crippen molar-refractivity contribution in [2.75, 3.05) is 25.7 Å². The minimum Gasteiger partial charge on any atom is -0.468 e. The van der Waals surface area contributed by atoms with Gasteiger partial charge in [-0.3, -0.25) is 9.59 Å². The summed E-state index contributed by atoms with van der Waals surface area (Å²) < 4.78 is 15.1. The number of hydrogen-bond donors (Lipinski definition) is 1. The van der Waals surface area contributed by atoms with Crippen molar-refractivity contribution in [2.45, 2.75) is 65.2 Å². The number of nitrogens with zero attached hydrogens (tertiary/aromatic N) is 1. The van der Waals surface area contributed by atoms with Crippen molar-refractivity contribution in [3.05, 3.63) is 0 Å². The Morgan fingerprint density at radius 3 is 1.79 bits per heavy atom. The quantitative estimate of drug-likeness (QED) is 0.494. The maximum Gasteiger partial charge on any atom is 0.420 e. The molecule has 0 aromatic heterocycles. The number of hydrogen-bond acceptors (Lipinski definition) is 8. The molecule has 1 N–H and O–H groups in total. The van der Waals surface area contributed by atoms with Crippen molar-refractivity contribution in [3.8, 4) is 0 Å². The molecule has 10 heteroatoms. The summed E-state index contributed by atoms with van der Waals surface area (Å²) in [6.45, 7) is 9.48. The van der Waals surface area contributed by atoms with E-state index in [-0.39, 0.29) is 13.0 Å². The van der Waals surface area contributed by atoms with Crippen LogP contribution in [0.3, 0.4) is 0 Å². The van der Waals surface area contributed by atoms with Crippen LogP contribution in [0.1, 0.15) is 48.0 Å². The second-order valence-corrected chi connectivity index (χ2v) is 8.91. The van der Waals surface area contributed by atoms with Gasteiger partial charge < -0.3 is 19.5 Å². The van der Waals surface area contributed by atoms with Gasteiger partial charge in [-0.25, -0.2) is 9.59 Å². The highest BCUT2D eigenvalue weighted by molar-refractivity contribution is 7.98. The Labute approximate surface area is 170 Å². The van der Waals surface area contributed by atoms with Gasteiger partial charge in [-0.05, 0) is 60.0 Å². The largest absolute Gasteiger partial charge is 0.468 e. The smallest absolute Gasteiger partial charge is 0.420 e. The molecule has 0 aromatic rings. The number of esters is 1. The average molecular weight is 421 g/mol. The molecular formula is C18H32N2O7S. The highest BCUT2D eigenvalue weighted by Crippen LogP contribution is 2.19. The van der Waals surface area contributed by atoms with E-state index in [4.69, 9.17) is 9.47 Å². The minimum absolute atomic E-state index is 0.159. The Balaban J connectivity index is 5.78. The third-order valence-electron chi connectivity index (χ3n) is 3.02. The van der Waals surface area contributed by atoms with E-state index >= 15 is 0 Å². The zero-order chi connectivity index (χ0) is 22.1. The van der Waals surface area contributed by atoms with Crippen LogP contribution >= 0.6 is 11.8 Å². The van der Waals surface area contributed by atoms with E-state index in [1.165, 1.54) is 18.9 Å². The Morgan fingerprint density at radius 1 is 0.964 bits per heavy atom. The fraction of sp³-hybridized carbons (Fsp3) is 0.778. The van der Waals surface area contributed by atoms with Crippen LogP contribution in [0.25, 0.3) is 0 Å². The molecule has 0 fully saturated rings. The van der Waals surface area contributed by atoms with Crippen LogP contribution in [0.2, 0.25) is 0 Å². The van der Waals surface area contributed by atoms with Crippen molar-refractivity contribution < 1.29 is 33.4 Å². The summed E-state index contributed by atoms with van der Waals surface area (Å²) in [4.78, 5) is 50.1. The predicted molar refractivity (Wildman–Crippen MR) is 106 cm³/mol. The predicted octanol–water partition coefficient (Wildman–Crippen LogP) is 2.57. The number of rotatable bonds is 7. The lowest BCUT2D eigenvalue weighted by atomic mass is 10.1. The molecule has 1 atom stereocenters. The number of methoxy groups -OCH3 is 1. The molecule has 0 aliphatic heterocycles. The molecule has 3 amide bonds. The van der Waals surface area contributed by atoms with Gasteiger partial charge in [0.1, 0.15) is 23.8 Å². The van der Waals surface area contributed by atoms with Crippen LogP contribution < -0.4 is 5.32 Å². The van der Waals surface area contributed by atoms with Gasteiger partial charge >= 0.3 is 18.2 Å². The van der Waals surface area contributed by atoms with Crippen molar-refractivity contribution in [1.29, 1.82) is 0 Å². The number of imide groups is 1. The second kappa shape index (κ2) is 11.1. The Kier molecular flexibility index (Phi) is 10.4. The first-order valence-corrected chi connectivity index (χ1v) is 10.2. The van der Waals surface area contributed by atoms with Gasteiger partial charge in [0.2, 0.25) is 5.91 Å². The number of amides is 3. The van der Waals surface area contributed by atoms with Crippen LogP contribution in [0, 0.1) is 0 Å². The standard InChI is InChI=1S/C18H32N2O7S/c1-17(2,3)26-15(23)20(16(24)27-18(4,5)6)12(9-10-28-8)14(22)19-11-13(21)25-7/h12H,9-11H2,1-8H3,(H,19,22)/t12-/m0/s1. The van der Waals surface area contributed by atoms with Crippen molar-refractivity contribution in [3.63, 3.8) is 0 Å². The normalized spacial score (nSPS) is 12.6. The first-order valence-electron chi connectivity index (χ1n) is 8.80. The molecule has 0 saturated heterocycles. The SMILES string of the molecule is COC(=O)CNC(=O)[C@H](CCSC)N(C(=O)OC(C)(C)C)C(=O)OC(C)(C)C. The number of ether oxygens (including phenoxy) is 3. The van der Waals surface area contributed by atoms with Gasteiger partial charge in [0.15, 0.2) is 0 Å². The zero-order valence-corrected chi connectivity index (χ0v) is 18.7. The lowest BCUT2D eigenvalue weighted by Gasteiger charge is -2.32. The van der Waals surface area contributed by atoms with E-state index in [2.05, 4.69) is 10.1 Å². The third kappa shape index (κ3) is 10.4. The molecule has 0 saturated carbocycles. The second-order valence-electron chi connectivity index (χ2n) is 7.92. The highest BCUT2D eigenvalue weighted by Gasteiger charge is 2.40. The van der Waals surface area contributed by atoms with Gasteiger partial charge in [-0.2, -0.15) is 16.7 Å². The van der Waals surface area contributed by atoms with Gasteiger partial charge in [0, 0.05) is 0 Å². The lowest BCUT2D eigenvalue weighted by molar-refractivity contribution is -0.141. The van der Waals surface area contributed by atoms with Crippen LogP contribution in [0.5, 0.6) is 0 Å². The molecule has 0 radical (unpaired) electrons. The summed E-state index contributed by atoms with van der Waals surface area (Å²) in [5.41, 5.74) is -1.77. The van der Waals surface area contributed by atoms with E-state index in [0.717, 1.165) is 0 Å². The van der Waals surface area contributed by atoms with E-state index < -0.39 is 41.3 Å². The topological polar surface area (TPSA) is 111 Å². The number of nitrogens with one attached hydrogen (secondary N) is 1. The zero-order valence-electron chi connectivity index (χ0n) is 17.9. The molecule has 0 heterocycles. The number of carbonyl (C=O) groups excluding carboxylic acids is 4. The number of carbonyl (C=O) groups is 4. The maximum atomic E-state index is 12.7. The average Bonchev–Trinajstić information content (AvgIpc) is 2.52. The molecule has 28 heavy (non-hydrogen) atoms. The Morgan fingerprint density at radius 2 is 1.43 bits per heavy atom. The first-order chi connectivity index (χ1) is 12.7. The van der Waals surface area contributed by atoms with Gasteiger partial charge in [0.25, 0.3) is 0 Å². The fourth-order valence-corrected chi connectivity index (χ4v) is 2.37. The molecule has 0 rings (SSSR count). The Bertz CT molecular complexity index is 539. The van der Waals surface area contributed by atoms with Gasteiger partial charge in [-0.15, -0.1) is 0 Å². The van der Waals surface area contributed by atoms with E-state index in [0.29, 0.717) is 10.7 Å². The van der Waals surface area contributed by atoms with Crippen molar-refractivity contribution in [2.24, 2.45) is 0 Å². The van der Waals surface area contributed by atoms with Crippen LogP contribution in [-0.4, -0.2) is 71.9 Å². The van der Waals surface area contributed by atoms with Crippen molar-refractivity contribution >= 4 is 35.8 Å². The molecule has 9 nitrogen and oxygen atoms in total. The highest BCUT2D eigenvalue weighted by atomic mass is 32.2. The van der Waals surface area contributed by atoms with Crippen LogP contribution in [0.15, 0.2) is 0 Å². The van der Waals surface area contributed by atoms with E-state index in [1.54, 1.807) is 41.5 Å². The minimum atomic E-state index is -1.21. The summed E-state index contributed by atoms with van der Waals surface area (Å²) in [6, 6.07) is -1.21. The molecule has 0 aliphatic rings. The molecule has 0 aliphatic carbocycles. The maximum absolute atomic E-state index is 12.7. The fourth-order valence-electron chi connectivity index (χ4n) is 1.91. The van der Waals surface area contributed by atoms with Gasteiger partial charge in [-0.1, -0.05) is 0 Å². The molecule has 162 valence electrons. The summed E-state index contributed by atoms with van der Waals surface area (Å²) in [7, 11) is 1.19. The lowest BCUT2D eigenvalue weighted by Crippen LogP contribution is -2.55.